The minimum absolute atomic E-state index is 0.351. The Labute approximate surface area is 155 Å². The number of ether oxygens (including phenoxy) is 1. The number of carbonyl (C=O) groups excluding carboxylic acids is 2. The Morgan fingerprint density at radius 1 is 1.46 bits per heavy atom. The molecule has 0 radical (unpaired) electrons. The van der Waals surface area contributed by atoms with E-state index in [1.807, 2.05) is 6.92 Å². The topological polar surface area (TPSA) is 70.7 Å². The standard InChI is InChI=1S/C19H24FN3O3/c1-4-14-12(2)19(3,20)17(26-14)23-11-10-15(22-18(23)25)21-16(24)13-8-6-5-7-9-13/h5-12,14-15,17H,4H2,1-3H3,(H,21,24)(H,22,25)/t12?,14-,15?,17-,19+/m1/s1/i10D,11D. The lowest BCUT2D eigenvalue weighted by Crippen LogP contribution is -2.58. The highest BCUT2D eigenvalue weighted by Gasteiger charge is 2.55. The van der Waals surface area contributed by atoms with Crippen molar-refractivity contribution in [2.24, 2.45) is 5.92 Å². The van der Waals surface area contributed by atoms with Gasteiger partial charge in [0.1, 0.15) is 6.17 Å². The monoisotopic (exact) mass is 363 g/mol. The van der Waals surface area contributed by atoms with Crippen LogP contribution in [0.15, 0.2) is 42.6 Å². The van der Waals surface area contributed by atoms with Crippen molar-refractivity contribution in [2.75, 3.05) is 0 Å². The van der Waals surface area contributed by atoms with Gasteiger partial charge in [0.05, 0.1) is 8.85 Å². The molecule has 1 fully saturated rings. The normalized spacial score (nSPS) is 35.7. The van der Waals surface area contributed by atoms with Gasteiger partial charge in [-0.2, -0.15) is 0 Å². The van der Waals surface area contributed by atoms with Crippen LogP contribution < -0.4 is 10.6 Å². The van der Waals surface area contributed by atoms with Crippen molar-refractivity contribution < 1.29 is 21.5 Å². The minimum atomic E-state index is -1.88. The number of nitrogens with zero attached hydrogens (tertiary/aromatic N) is 1. The third-order valence-electron chi connectivity index (χ3n) is 5.00. The number of hydrogen-bond donors (Lipinski definition) is 2. The number of carbonyl (C=O) groups is 2. The first-order valence-corrected chi connectivity index (χ1v) is 8.65. The summed E-state index contributed by atoms with van der Waals surface area (Å²) >= 11 is 0. The molecule has 1 aromatic rings. The summed E-state index contributed by atoms with van der Waals surface area (Å²) in [5.74, 6) is -0.975. The molecule has 1 saturated heterocycles. The van der Waals surface area contributed by atoms with Gasteiger partial charge in [-0.3, -0.25) is 9.69 Å². The number of amides is 3. The zero-order valence-corrected chi connectivity index (χ0v) is 15.0. The SMILES string of the molecule is [2H]C1=C([2H])N([C@@H]2O[C@H](CC)C(C)[C@]2(C)F)C(=O)NC1NC(=O)c1ccccc1. The first-order valence-electron chi connectivity index (χ1n) is 9.65. The van der Waals surface area contributed by atoms with Crippen LogP contribution in [0.3, 0.4) is 0 Å². The Morgan fingerprint density at radius 2 is 2.15 bits per heavy atom. The van der Waals surface area contributed by atoms with E-state index in [-0.39, 0.29) is 6.05 Å². The summed E-state index contributed by atoms with van der Waals surface area (Å²) in [6.07, 6.45) is -2.83. The molecule has 3 amide bonds. The van der Waals surface area contributed by atoms with Gasteiger partial charge in [-0.15, -0.1) is 0 Å². The maximum atomic E-state index is 15.3. The Hall–Kier alpha value is -2.41. The minimum Gasteiger partial charge on any atom is -0.351 e. The van der Waals surface area contributed by atoms with Gasteiger partial charge in [-0.05, 0) is 31.5 Å². The van der Waals surface area contributed by atoms with E-state index in [1.165, 1.54) is 6.92 Å². The van der Waals surface area contributed by atoms with Crippen LogP contribution in [0.1, 0.15) is 40.3 Å². The van der Waals surface area contributed by atoms with E-state index in [2.05, 4.69) is 10.6 Å². The molecule has 7 heteroatoms. The van der Waals surface area contributed by atoms with Crippen molar-refractivity contribution >= 4 is 11.9 Å². The van der Waals surface area contributed by atoms with Crippen LogP contribution in [0.25, 0.3) is 0 Å². The van der Waals surface area contributed by atoms with Gasteiger partial charge in [0.2, 0.25) is 0 Å². The van der Waals surface area contributed by atoms with Gasteiger partial charge in [-0.25, -0.2) is 9.18 Å². The second-order valence-corrected chi connectivity index (χ2v) is 6.72. The highest BCUT2D eigenvalue weighted by molar-refractivity contribution is 5.94. The highest BCUT2D eigenvalue weighted by atomic mass is 19.1. The average Bonchev–Trinajstić information content (AvgIpc) is 2.90. The zero-order chi connectivity index (χ0) is 20.6. The Morgan fingerprint density at radius 3 is 2.77 bits per heavy atom. The molecular weight excluding hydrogens is 337 g/mol. The Kier molecular flexibility index (Phi) is 4.30. The second-order valence-electron chi connectivity index (χ2n) is 6.72. The molecule has 0 bridgehead atoms. The summed E-state index contributed by atoms with van der Waals surface area (Å²) < 4.78 is 37.5. The fourth-order valence-electron chi connectivity index (χ4n) is 3.22. The lowest BCUT2D eigenvalue weighted by molar-refractivity contribution is -0.0642. The maximum absolute atomic E-state index is 15.3. The Bertz CT molecular complexity index is 803. The lowest BCUT2D eigenvalue weighted by Gasteiger charge is -2.36. The van der Waals surface area contributed by atoms with Crippen LogP contribution in [-0.4, -0.2) is 41.0 Å². The Balaban J connectivity index is 1.84. The van der Waals surface area contributed by atoms with Gasteiger partial charge in [0.25, 0.3) is 5.91 Å². The zero-order valence-electron chi connectivity index (χ0n) is 17.0. The molecule has 2 aliphatic rings. The number of benzene rings is 1. The van der Waals surface area contributed by atoms with E-state index in [4.69, 9.17) is 7.48 Å². The first-order chi connectivity index (χ1) is 13.2. The van der Waals surface area contributed by atoms with Gasteiger partial charge in [-0.1, -0.05) is 32.0 Å². The molecule has 140 valence electrons. The van der Waals surface area contributed by atoms with Gasteiger partial charge >= 0.3 is 6.03 Å². The summed E-state index contributed by atoms with van der Waals surface area (Å²) in [5, 5.41) is 4.96. The van der Waals surface area contributed by atoms with Crippen molar-refractivity contribution in [1.82, 2.24) is 15.5 Å². The van der Waals surface area contributed by atoms with Crippen molar-refractivity contribution in [3.63, 3.8) is 0 Å². The van der Waals surface area contributed by atoms with Gasteiger partial charge < -0.3 is 15.4 Å². The smallest absolute Gasteiger partial charge is 0.325 e. The number of halogens is 1. The number of nitrogens with one attached hydrogen (secondary N) is 2. The van der Waals surface area contributed by atoms with E-state index < -0.39 is 48.2 Å². The predicted octanol–water partition coefficient (Wildman–Crippen LogP) is 2.78. The molecule has 0 aliphatic carbocycles. The van der Waals surface area contributed by atoms with Crippen molar-refractivity contribution in [1.29, 1.82) is 0 Å². The van der Waals surface area contributed by atoms with Crippen LogP contribution >= 0.6 is 0 Å². The third kappa shape index (κ3) is 3.31. The van der Waals surface area contributed by atoms with Gasteiger partial charge in [0, 0.05) is 17.7 Å². The highest BCUT2D eigenvalue weighted by Crippen LogP contribution is 2.42. The van der Waals surface area contributed by atoms with E-state index in [1.54, 1.807) is 37.3 Å². The fraction of sp³-hybridized carbons (Fsp3) is 0.474. The predicted molar refractivity (Wildman–Crippen MR) is 94.8 cm³/mol. The molecule has 6 nitrogen and oxygen atoms in total. The van der Waals surface area contributed by atoms with Crippen LogP contribution in [0, 0.1) is 5.92 Å². The molecule has 2 heterocycles. The van der Waals surface area contributed by atoms with Crippen molar-refractivity contribution in [2.45, 2.75) is 51.4 Å². The molecule has 26 heavy (non-hydrogen) atoms. The summed E-state index contributed by atoms with van der Waals surface area (Å²) in [4.78, 5) is 25.8. The maximum Gasteiger partial charge on any atom is 0.325 e. The summed E-state index contributed by atoms with van der Waals surface area (Å²) in [7, 11) is 0. The molecule has 0 saturated carbocycles. The van der Waals surface area contributed by atoms with Crippen LogP contribution in [0.4, 0.5) is 9.18 Å². The number of hydrogen-bond acceptors (Lipinski definition) is 3. The molecular formula is C19H24FN3O3. The number of rotatable bonds is 4. The molecule has 0 aromatic heterocycles. The largest absolute Gasteiger partial charge is 0.351 e. The average molecular weight is 363 g/mol. The fourth-order valence-corrected chi connectivity index (χ4v) is 3.22. The quantitative estimate of drug-likeness (QED) is 0.864. The second kappa shape index (κ2) is 7.07. The number of urea groups is 1. The van der Waals surface area contributed by atoms with Crippen LogP contribution in [-0.2, 0) is 4.74 Å². The molecule has 2 aliphatic heterocycles. The molecule has 1 aromatic carbocycles. The molecule has 5 atom stereocenters. The summed E-state index contributed by atoms with van der Waals surface area (Å²) in [6.45, 7) is 4.90. The van der Waals surface area contributed by atoms with Gasteiger partial charge in [0.15, 0.2) is 11.9 Å². The van der Waals surface area contributed by atoms with Crippen LogP contribution in [0.5, 0.6) is 0 Å². The molecule has 3 rings (SSSR count). The van der Waals surface area contributed by atoms with Crippen molar-refractivity contribution in [3.05, 3.63) is 48.1 Å². The van der Waals surface area contributed by atoms with E-state index in [0.29, 0.717) is 12.0 Å². The van der Waals surface area contributed by atoms with Crippen LogP contribution in [0.2, 0.25) is 0 Å². The number of alkyl halides is 1. The molecule has 0 spiro atoms. The molecule has 2 unspecified atom stereocenters. The summed E-state index contributed by atoms with van der Waals surface area (Å²) in [5.41, 5.74) is -1.53. The molecule has 2 N–H and O–H groups in total. The lowest BCUT2D eigenvalue weighted by atomic mass is 9.88. The summed E-state index contributed by atoms with van der Waals surface area (Å²) in [6, 6.07) is 7.17. The third-order valence-corrected chi connectivity index (χ3v) is 5.00. The first kappa shape index (κ1) is 15.8. The van der Waals surface area contributed by atoms with E-state index in [9.17, 15) is 9.59 Å². The van der Waals surface area contributed by atoms with E-state index in [0.717, 1.165) is 4.90 Å². The van der Waals surface area contributed by atoms with E-state index >= 15 is 4.39 Å². The van der Waals surface area contributed by atoms with Crippen molar-refractivity contribution in [3.8, 4) is 0 Å².